The van der Waals surface area contributed by atoms with Gasteiger partial charge in [0.15, 0.2) is 0 Å². The molecule has 0 fully saturated rings. The zero-order chi connectivity index (χ0) is 15.8. The lowest BCUT2D eigenvalue weighted by molar-refractivity contribution is 0.197. The third-order valence-electron chi connectivity index (χ3n) is 3.52. The van der Waals surface area contributed by atoms with Crippen LogP contribution in [0.5, 0.6) is 0 Å². The van der Waals surface area contributed by atoms with Crippen molar-refractivity contribution in [2.75, 3.05) is 18.4 Å². The topological polar surface area (TPSA) is 44.4 Å². The van der Waals surface area contributed by atoms with E-state index in [1.807, 2.05) is 30.9 Å². The van der Waals surface area contributed by atoms with Gasteiger partial charge in [0.2, 0.25) is 0 Å². The normalized spacial score (nSPS) is 12.3. The molecule has 0 aromatic heterocycles. The van der Waals surface area contributed by atoms with Gasteiger partial charge in [0.25, 0.3) is 0 Å². The Morgan fingerprint density at radius 1 is 1.14 bits per heavy atom. The highest BCUT2D eigenvalue weighted by Gasteiger charge is 2.15. The smallest absolute Gasteiger partial charge is 0.322 e. The number of anilines is 1. The van der Waals surface area contributed by atoms with E-state index in [1.165, 1.54) is 5.56 Å². The molecule has 0 saturated heterocycles. The van der Waals surface area contributed by atoms with Gasteiger partial charge in [-0.05, 0) is 51.4 Å². The van der Waals surface area contributed by atoms with Crippen LogP contribution in [0, 0.1) is 0 Å². The van der Waals surface area contributed by atoms with Crippen LogP contribution < -0.4 is 10.6 Å². The minimum absolute atomic E-state index is 0.0284. The molecule has 0 heterocycles. The van der Waals surface area contributed by atoms with Crippen molar-refractivity contribution in [3.8, 4) is 0 Å². The molecule has 0 aliphatic heterocycles. The molecule has 0 bridgehead atoms. The van der Waals surface area contributed by atoms with Crippen molar-refractivity contribution < 1.29 is 4.79 Å². The summed E-state index contributed by atoms with van der Waals surface area (Å²) in [6, 6.07) is 8.55. The molecule has 0 aliphatic carbocycles. The molecule has 1 aromatic carbocycles. The van der Waals surface area contributed by atoms with Crippen LogP contribution in [0.2, 0.25) is 0 Å². The molecule has 1 atom stereocenters. The van der Waals surface area contributed by atoms with E-state index in [1.54, 1.807) is 0 Å². The minimum atomic E-state index is -0.0284. The van der Waals surface area contributed by atoms with Crippen molar-refractivity contribution in [3.63, 3.8) is 0 Å². The summed E-state index contributed by atoms with van der Waals surface area (Å²) in [4.78, 5) is 14.1. The van der Waals surface area contributed by atoms with Crippen LogP contribution in [0.1, 0.15) is 52.6 Å². The summed E-state index contributed by atoms with van der Waals surface area (Å²) in [6.07, 6.45) is 0.963. The number of amides is 2. The van der Waals surface area contributed by atoms with Crippen molar-refractivity contribution in [3.05, 3.63) is 29.8 Å². The fraction of sp³-hybridized carbons (Fsp3) is 0.588. The number of carbonyl (C=O) groups excluding carboxylic acids is 1. The van der Waals surface area contributed by atoms with Crippen molar-refractivity contribution >= 4 is 11.7 Å². The van der Waals surface area contributed by atoms with Crippen LogP contribution in [0.25, 0.3) is 0 Å². The Bertz CT molecular complexity index is 428. The summed E-state index contributed by atoms with van der Waals surface area (Å²) in [5.74, 6) is 0. The van der Waals surface area contributed by atoms with E-state index in [-0.39, 0.29) is 12.1 Å². The standard InChI is InChI=1S/C17H29N3O/c1-6-12-20(13(3)4)17(21)19-16-10-8-15(9-11-16)14(5)18-7-2/h8-11,13-14,18H,6-7,12H2,1-5H3,(H,19,21). The molecule has 0 spiro atoms. The highest BCUT2D eigenvalue weighted by atomic mass is 16.2. The van der Waals surface area contributed by atoms with Gasteiger partial charge in [-0.3, -0.25) is 0 Å². The van der Waals surface area contributed by atoms with Gasteiger partial charge >= 0.3 is 6.03 Å². The molecule has 4 heteroatoms. The number of nitrogens with one attached hydrogen (secondary N) is 2. The van der Waals surface area contributed by atoms with Gasteiger partial charge in [-0.15, -0.1) is 0 Å². The molecular formula is C17H29N3O. The molecular weight excluding hydrogens is 262 g/mol. The maximum absolute atomic E-state index is 12.3. The number of urea groups is 1. The summed E-state index contributed by atoms with van der Waals surface area (Å²) in [7, 11) is 0. The first-order chi connectivity index (χ1) is 9.99. The molecule has 1 unspecified atom stereocenters. The maximum Gasteiger partial charge on any atom is 0.322 e. The number of nitrogens with zero attached hydrogens (tertiary/aromatic N) is 1. The summed E-state index contributed by atoms with van der Waals surface area (Å²) >= 11 is 0. The van der Waals surface area contributed by atoms with Crippen LogP contribution in [-0.4, -0.2) is 30.1 Å². The summed E-state index contributed by atoms with van der Waals surface area (Å²) in [5, 5.41) is 6.35. The van der Waals surface area contributed by atoms with Crippen molar-refractivity contribution in [2.24, 2.45) is 0 Å². The fourth-order valence-electron chi connectivity index (χ4n) is 2.31. The quantitative estimate of drug-likeness (QED) is 0.797. The first-order valence-electron chi connectivity index (χ1n) is 7.90. The molecule has 0 aliphatic rings. The minimum Gasteiger partial charge on any atom is -0.322 e. The van der Waals surface area contributed by atoms with E-state index < -0.39 is 0 Å². The Balaban J connectivity index is 2.68. The van der Waals surface area contributed by atoms with E-state index in [2.05, 4.69) is 43.5 Å². The van der Waals surface area contributed by atoms with Crippen LogP contribution in [0.15, 0.2) is 24.3 Å². The second-order valence-electron chi connectivity index (χ2n) is 5.62. The molecule has 1 aromatic rings. The molecule has 2 amide bonds. The van der Waals surface area contributed by atoms with Gasteiger partial charge in [0.1, 0.15) is 0 Å². The number of rotatable bonds is 7. The average molecular weight is 291 g/mol. The van der Waals surface area contributed by atoms with Gasteiger partial charge in [0, 0.05) is 24.3 Å². The fourth-order valence-corrected chi connectivity index (χ4v) is 2.31. The second-order valence-corrected chi connectivity index (χ2v) is 5.62. The van der Waals surface area contributed by atoms with E-state index >= 15 is 0 Å². The molecule has 4 nitrogen and oxygen atoms in total. The van der Waals surface area contributed by atoms with E-state index in [0.29, 0.717) is 6.04 Å². The van der Waals surface area contributed by atoms with E-state index in [9.17, 15) is 4.79 Å². The monoisotopic (exact) mass is 291 g/mol. The number of hydrogen-bond donors (Lipinski definition) is 2. The van der Waals surface area contributed by atoms with E-state index in [4.69, 9.17) is 0 Å². The Labute approximate surface area is 128 Å². The Morgan fingerprint density at radius 3 is 2.24 bits per heavy atom. The third kappa shape index (κ3) is 5.38. The first kappa shape index (κ1) is 17.5. The van der Waals surface area contributed by atoms with Crippen molar-refractivity contribution in [1.29, 1.82) is 0 Å². The molecule has 0 radical (unpaired) electrons. The van der Waals surface area contributed by atoms with Crippen LogP contribution in [0.3, 0.4) is 0 Å². The van der Waals surface area contributed by atoms with Gasteiger partial charge in [-0.1, -0.05) is 26.0 Å². The van der Waals surface area contributed by atoms with Crippen LogP contribution >= 0.6 is 0 Å². The highest BCUT2D eigenvalue weighted by Crippen LogP contribution is 2.16. The van der Waals surface area contributed by atoms with Gasteiger partial charge < -0.3 is 15.5 Å². The molecule has 2 N–H and O–H groups in total. The number of benzene rings is 1. The molecule has 1 rings (SSSR count). The van der Waals surface area contributed by atoms with E-state index in [0.717, 1.165) is 25.2 Å². The lowest BCUT2D eigenvalue weighted by Crippen LogP contribution is -2.40. The summed E-state index contributed by atoms with van der Waals surface area (Å²) in [6.45, 7) is 12.1. The van der Waals surface area contributed by atoms with Gasteiger partial charge in [-0.25, -0.2) is 4.79 Å². The zero-order valence-electron chi connectivity index (χ0n) is 13.9. The largest absolute Gasteiger partial charge is 0.322 e. The third-order valence-corrected chi connectivity index (χ3v) is 3.52. The van der Waals surface area contributed by atoms with Gasteiger partial charge in [0.05, 0.1) is 0 Å². The van der Waals surface area contributed by atoms with Crippen LogP contribution in [-0.2, 0) is 0 Å². The Hall–Kier alpha value is -1.55. The number of hydrogen-bond acceptors (Lipinski definition) is 2. The number of carbonyl (C=O) groups is 1. The summed E-state index contributed by atoms with van der Waals surface area (Å²) in [5.41, 5.74) is 2.07. The van der Waals surface area contributed by atoms with Gasteiger partial charge in [-0.2, -0.15) is 0 Å². The van der Waals surface area contributed by atoms with Crippen molar-refractivity contribution in [1.82, 2.24) is 10.2 Å². The molecule has 0 saturated carbocycles. The summed E-state index contributed by atoms with van der Waals surface area (Å²) < 4.78 is 0. The average Bonchev–Trinajstić information content (AvgIpc) is 2.45. The Morgan fingerprint density at radius 2 is 1.76 bits per heavy atom. The predicted molar refractivity (Wildman–Crippen MR) is 89.7 cm³/mol. The SMILES string of the molecule is CCCN(C(=O)Nc1ccc(C(C)NCC)cc1)C(C)C. The zero-order valence-corrected chi connectivity index (χ0v) is 13.9. The molecule has 21 heavy (non-hydrogen) atoms. The van der Waals surface area contributed by atoms with Crippen molar-refractivity contribution in [2.45, 2.75) is 53.1 Å². The molecule has 118 valence electrons. The van der Waals surface area contributed by atoms with Crippen LogP contribution in [0.4, 0.5) is 10.5 Å². The highest BCUT2D eigenvalue weighted by molar-refractivity contribution is 5.89. The first-order valence-corrected chi connectivity index (χ1v) is 7.90. The lowest BCUT2D eigenvalue weighted by atomic mass is 10.1. The Kier molecular flexibility index (Phi) is 7.23. The predicted octanol–water partition coefficient (Wildman–Crippen LogP) is 4.01. The maximum atomic E-state index is 12.3. The lowest BCUT2D eigenvalue weighted by Gasteiger charge is -2.26. The second kappa shape index (κ2) is 8.67.